The van der Waals surface area contributed by atoms with Crippen LogP contribution in [0.3, 0.4) is 0 Å². The predicted octanol–water partition coefficient (Wildman–Crippen LogP) is 1.52. The first-order chi connectivity index (χ1) is 9.87. The normalized spacial score (nSPS) is 28.6. The van der Waals surface area contributed by atoms with Crippen LogP contribution in [0.15, 0.2) is 0 Å². The number of hydrogen-bond donors (Lipinski definition) is 1. The van der Waals surface area contributed by atoms with Gasteiger partial charge in [-0.2, -0.15) is 28.8 Å². The molecule has 2 fully saturated rings. The highest BCUT2D eigenvalue weighted by Crippen LogP contribution is 2.32. The lowest BCUT2D eigenvalue weighted by Crippen LogP contribution is -2.57. The minimum absolute atomic E-state index is 0.0122. The molecule has 0 aromatic heterocycles. The molecule has 0 aromatic rings. The molecule has 0 radical (unpaired) electrons. The first kappa shape index (κ1) is 17.5. The molecule has 2 aliphatic rings. The zero-order valence-electron chi connectivity index (χ0n) is 13.5. The van der Waals surface area contributed by atoms with Crippen LogP contribution in [0.5, 0.6) is 0 Å². The third-order valence-electron chi connectivity index (χ3n) is 4.22. The smallest absolute Gasteiger partial charge is 0.282 e. The Morgan fingerprint density at radius 2 is 2.05 bits per heavy atom. The van der Waals surface area contributed by atoms with Gasteiger partial charge in [0.15, 0.2) is 0 Å². The summed E-state index contributed by atoms with van der Waals surface area (Å²) in [6.07, 6.45) is 3.08. The Labute approximate surface area is 134 Å². The Morgan fingerprint density at radius 1 is 1.29 bits per heavy atom. The fraction of sp³-hybridized carbons (Fsp3) is 1.00. The standard InChI is InChI=1S/C14H29N3O2S2/c1-4-15-11-13-7-5-6-8-17(13)21(18,19)16-9-10-20-14(2,3)12-16/h13,15H,4-12H2,1-3H3. The van der Waals surface area contributed by atoms with Gasteiger partial charge in [-0.1, -0.05) is 13.3 Å². The van der Waals surface area contributed by atoms with Crippen LogP contribution in [0.2, 0.25) is 0 Å². The van der Waals surface area contributed by atoms with E-state index in [1.165, 1.54) is 0 Å². The number of nitrogens with one attached hydrogen (secondary N) is 1. The Bertz CT molecular complexity index is 440. The second kappa shape index (κ2) is 7.17. The lowest BCUT2D eigenvalue weighted by molar-refractivity contribution is 0.224. The molecule has 2 aliphatic heterocycles. The van der Waals surface area contributed by atoms with Crippen molar-refractivity contribution in [2.75, 3.05) is 38.5 Å². The quantitative estimate of drug-likeness (QED) is 0.828. The Balaban J connectivity index is 2.12. The van der Waals surface area contributed by atoms with Gasteiger partial charge in [0.2, 0.25) is 0 Å². The van der Waals surface area contributed by atoms with Crippen molar-refractivity contribution in [2.45, 2.75) is 50.8 Å². The van der Waals surface area contributed by atoms with Crippen molar-refractivity contribution in [1.29, 1.82) is 0 Å². The summed E-state index contributed by atoms with van der Waals surface area (Å²) < 4.78 is 29.5. The van der Waals surface area contributed by atoms with Crippen molar-refractivity contribution < 1.29 is 8.42 Å². The topological polar surface area (TPSA) is 52.7 Å². The first-order valence-electron chi connectivity index (χ1n) is 7.98. The second-order valence-electron chi connectivity index (χ2n) is 6.52. The van der Waals surface area contributed by atoms with E-state index in [1.54, 1.807) is 8.61 Å². The first-order valence-corrected chi connectivity index (χ1v) is 10.4. The second-order valence-corrected chi connectivity index (χ2v) is 10.2. The lowest BCUT2D eigenvalue weighted by atomic mass is 10.1. The maximum absolute atomic E-state index is 13.0. The van der Waals surface area contributed by atoms with Crippen molar-refractivity contribution >= 4 is 22.0 Å². The third-order valence-corrected chi connectivity index (χ3v) is 7.55. The van der Waals surface area contributed by atoms with E-state index < -0.39 is 10.2 Å². The van der Waals surface area contributed by atoms with Gasteiger partial charge in [-0.15, -0.1) is 0 Å². The molecule has 2 heterocycles. The molecule has 0 aromatic carbocycles. The minimum Gasteiger partial charge on any atom is -0.315 e. The molecule has 0 saturated carbocycles. The average Bonchev–Trinajstić information content (AvgIpc) is 2.44. The van der Waals surface area contributed by atoms with E-state index in [4.69, 9.17) is 0 Å². The zero-order valence-corrected chi connectivity index (χ0v) is 15.1. The largest absolute Gasteiger partial charge is 0.315 e. The molecule has 21 heavy (non-hydrogen) atoms. The highest BCUT2D eigenvalue weighted by atomic mass is 32.2. The van der Waals surface area contributed by atoms with Crippen molar-refractivity contribution in [2.24, 2.45) is 0 Å². The van der Waals surface area contributed by atoms with Crippen LogP contribution in [0.4, 0.5) is 0 Å². The minimum atomic E-state index is -3.32. The molecule has 0 bridgehead atoms. The molecule has 1 atom stereocenters. The summed E-state index contributed by atoms with van der Waals surface area (Å²) in [5, 5.41) is 3.31. The lowest BCUT2D eigenvalue weighted by Gasteiger charge is -2.42. The number of likely N-dealkylation sites (N-methyl/N-ethyl adjacent to an activating group) is 1. The molecule has 0 spiro atoms. The van der Waals surface area contributed by atoms with E-state index in [0.717, 1.165) is 38.1 Å². The van der Waals surface area contributed by atoms with E-state index in [1.807, 2.05) is 11.8 Å². The predicted molar refractivity (Wildman–Crippen MR) is 89.9 cm³/mol. The van der Waals surface area contributed by atoms with Crippen LogP contribution in [0, 0.1) is 0 Å². The maximum atomic E-state index is 13.0. The SMILES string of the molecule is CCNCC1CCCCN1S(=O)(=O)N1CCSC(C)(C)C1. The summed E-state index contributed by atoms with van der Waals surface area (Å²) in [6.45, 7) is 9.90. The van der Waals surface area contributed by atoms with Crippen LogP contribution in [-0.4, -0.2) is 66.3 Å². The van der Waals surface area contributed by atoms with Gasteiger partial charge in [-0.05, 0) is 33.2 Å². The molecular formula is C14H29N3O2S2. The number of rotatable bonds is 5. The van der Waals surface area contributed by atoms with Crippen LogP contribution >= 0.6 is 11.8 Å². The van der Waals surface area contributed by atoms with Crippen molar-refractivity contribution in [3.05, 3.63) is 0 Å². The van der Waals surface area contributed by atoms with E-state index in [0.29, 0.717) is 19.6 Å². The van der Waals surface area contributed by atoms with Gasteiger partial charge in [0.1, 0.15) is 0 Å². The summed E-state index contributed by atoms with van der Waals surface area (Å²) >= 11 is 1.86. The van der Waals surface area contributed by atoms with Gasteiger partial charge in [0.25, 0.3) is 10.2 Å². The summed E-state index contributed by atoms with van der Waals surface area (Å²) in [5.74, 6) is 0.887. The maximum Gasteiger partial charge on any atom is 0.282 e. The highest BCUT2D eigenvalue weighted by Gasteiger charge is 2.40. The number of hydrogen-bond acceptors (Lipinski definition) is 4. The molecule has 1 unspecified atom stereocenters. The van der Waals surface area contributed by atoms with Crippen LogP contribution in [0.25, 0.3) is 0 Å². The molecule has 0 aliphatic carbocycles. The Hall–Kier alpha value is 0.180. The molecule has 5 nitrogen and oxygen atoms in total. The van der Waals surface area contributed by atoms with Crippen molar-refractivity contribution in [3.63, 3.8) is 0 Å². The van der Waals surface area contributed by atoms with E-state index in [2.05, 4.69) is 26.1 Å². The number of piperidine rings is 1. The monoisotopic (exact) mass is 335 g/mol. The fourth-order valence-corrected chi connectivity index (χ4v) is 6.44. The zero-order chi connectivity index (χ0) is 15.5. The summed E-state index contributed by atoms with van der Waals surface area (Å²) in [6, 6.07) is 0.112. The van der Waals surface area contributed by atoms with Gasteiger partial charge in [0.05, 0.1) is 0 Å². The van der Waals surface area contributed by atoms with Crippen LogP contribution < -0.4 is 5.32 Å². The van der Waals surface area contributed by atoms with Crippen molar-refractivity contribution in [3.8, 4) is 0 Å². The van der Waals surface area contributed by atoms with E-state index >= 15 is 0 Å². The van der Waals surface area contributed by atoms with E-state index in [9.17, 15) is 8.42 Å². The molecule has 0 amide bonds. The highest BCUT2D eigenvalue weighted by molar-refractivity contribution is 8.00. The van der Waals surface area contributed by atoms with Crippen LogP contribution in [0.1, 0.15) is 40.0 Å². The van der Waals surface area contributed by atoms with Crippen LogP contribution in [-0.2, 0) is 10.2 Å². The summed E-state index contributed by atoms with van der Waals surface area (Å²) in [4.78, 5) is 0. The summed E-state index contributed by atoms with van der Waals surface area (Å²) in [7, 11) is -3.32. The van der Waals surface area contributed by atoms with Gasteiger partial charge >= 0.3 is 0 Å². The number of nitrogens with zero attached hydrogens (tertiary/aromatic N) is 2. The summed E-state index contributed by atoms with van der Waals surface area (Å²) in [5.41, 5.74) is 0. The van der Waals surface area contributed by atoms with Gasteiger partial charge in [-0.3, -0.25) is 0 Å². The molecule has 124 valence electrons. The molecule has 7 heteroatoms. The molecular weight excluding hydrogens is 306 g/mol. The number of thioether (sulfide) groups is 1. The Morgan fingerprint density at radius 3 is 2.71 bits per heavy atom. The molecule has 1 N–H and O–H groups in total. The van der Waals surface area contributed by atoms with E-state index in [-0.39, 0.29) is 10.8 Å². The molecule has 2 saturated heterocycles. The fourth-order valence-electron chi connectivity index (χ4n) is 3.11. The Kier molecular flexibility index (Phi) is 5.99. The molecule has 2 rings (SSSR count). The average molecular weight is 336 g/mol. The van der Waals surface area contributed by atoms with Crippen molar-refractivity contribution in [1.82, 2.24) is 13.9 Å². The van der Waals surface area contributed by atoms with Gasteiger partial charge in [-0.25, -0.2) is 0 Å². The van der Waals surface area contributed by atoms with Gasteiger partial charge < -0.3 is 5.32 Å². The van der Waals surface area contributed by atoms with Gasteiger partial charge in [0, 0.05) is 42.7 Å². The third kappa shape index (κ3) is 4.34.